The van der Waals surface area contributed by atoms with Crippen molar-refractivity contribution < 1.29 is 9.53 Å². The van der Waals surface area contributed by atoms with Crippen LogP contribution in [0.2, 0.25) is 0 Å². The third-order valence-electron chi connectivity index (χ3n) is 6.92. The largest absolute Gasteiger partial charge is 0.379 e. The first-order chi connectivity index (χ1) is 18.2. The van der Waals surface area contributed by atoms with Crippen LogP contribution in [0.4, 0.5) is 0 Å². The molecule has 1 amide bonds. The van der Waals surface area contributed by atoms with Gasteiger partial charge in [0.25, 0.3) is 0 Å². The van der Waals surface area contributed by atoms with Gasteiger partial charge in [-0.2, -0.15) is 0 Å². The maximum Gasteiger partial charge on any atom is 0.220 e. The van der Waals surface area contributed by atoms with Crippen molar-refractivity contribution in [1.82, 2.24) is 19.6 Å². The van der Waals surface area contributed by atoms with Crippen LogP contribution >= 0.6 is 11.3 Å². The van der Waals surface area contributed by atoms with Crippen LogP contribution in [0.15, 0.2) is 79.0 Å². The second-order valence-electron chi connectivity index (χ2n) is 9.37. The number of nitrogens with one attached hydrogen (secondary N) is 1. The fourth-order valence-corrected chi connectivity index (χ4v) is 5.98. The highest BCUT2D eigenvalue weighted by atomic mass is 32.1. The minimum atomic E-state index is 0.0721. The van der Waals surface area contributed by atoms with E-state index in [0.29, 0.717) is 19.4 Å². The highest BCUT2D eigenvalue weighted by Gasteiger charge is 2.17. The Morgan fingerprint density at radius 3 is 2.62 bits per heavy atom. The van der Waals surface area contributed by atoms with Gasteiger partial charge in [-0.15, -0.1) is 11.3 Å². The van der Waals surface area contributed by atoms with Crippen LogP contribution in [-0.2, 0) is 16.0 Å². The molecule has 0 aliphatic carbocycles. The van der Waals surface area contributed by atoms with Crippen molar-refractivity contribution in [3.05, 3.63) is 84.7 Å². The number of carbonyl (C=O) groups is 1. The van der Waals surface area contributed by atoms with Gasteiger partial charge in [-0.3, -0.25) is 9.69 Å². The molecule has 6 rings (SSSR count). The van der Waals surface area contributed by atoms with Crippen LogP contribution in [0, 0.1) is 0 Å². The predicted molar refractivity (Wildman–Crippen MR) is 150 cm³/mol. The van der Waals surface area contributed by atoms with Crippen molar-refractivity contribution in [2.45, 2.75) is 12.8 Å². The van der Waals surface area contributed by atoms with E-state index in [1.165, 1.54) is 15.0 Å². The van der Waals surface area contributed by atoms with E-state index < -0.39 is 0 Å². The number of fused-ring (bicyclic) bond motifs is 2. The maximum absolute atomic E-state index is 12.8. The van der Waals surface area contributed by atoms with E-state index in [1.807, 2.05) is 18.2 Å². The number of rotatable bonds is 8. The van der Waals surface area contributed by atoms with Crippen LogP contribution in [0.1, 0.15) is 12.1 Å². The highest BCUT2D eigenvalue weighted by molar-refractivity contribution is 7.22. The van der Waals surface area contributed by atoms with Crippen molar-refractivity contribution in [1.29, 1.82) is 0 Å². The van der Waals surface area contributed by atoms with Gasteiger partial charge in [0.05, 0.1) is 24.6 Å². The van der Waals surface area contributed by atoms with E-state index >= 15 is 0 Å². The molecule has 0 bridgehead atoms. The zero-order valence-corrected chi connectivity index (χ0v) is 21.5. The Morgan fingerprint density at radius 1 is 0.973 bits per heavy atom. The molecule has 2 aromatic carbocycles. The molecule has 7 heteroatoms. The molecule has 6 nitrogen and oxygen atoms in total. The van der Waals surface area contributed by atoms with Gasteiger partial charge in [-0.05, 0) is 36.1 Å². The third-order valence-corrected chi connectivity index (χ3v) is 8.08. The van der Waals surface area contributed by atoms with E-state index in [9.17, 15) is 4.79 Å². The number of ether oxygens (including phenoxy) is 1. The van der Waals surface area contributed by atoms with E-state index in [1.54, 1.807) is 11.3 Å². The van der Waals surface area contributed by atoms with Crippen molar-refractivity contribution in [3.63, 3.8) is 0 Å². The summed E-state index contributed by atoms with van der Waals surface area (Å²) in [6, 6.07) is 25.2. The molecule has 1 N–H and O–H groups in total. The standard InChI is InChI=1S/C30H30N4O2S/c35-29(31-14-15-33-16-18-36-19-17-33)13-11-25-30(22-6-2-1-3-7-22)32-28-12-10-24(21-34(25)28)27-20-23-8-4-5-9-26(23)37-27/h1-10,12,20-21H,11,13-19H2,(H,31,35). The van der Waals surface area contributed by atoms with E-state index in [4.69, 9.17) is 9.72 Å². The van der Waals surface area contributed by atoms with Crippen LogP contribution in [-0.4, -0.2) is 59.6 Å². The van der Waals surface area contributed by atoms with E-state index in [2.05, 4.69) is 75.4 Å². The summed E-state index contributed by atoms with van der Waals surface area (Å²) in [5.74, 6) is 0.0721. The molecule has 0 atom stereocenters. The lowest BCUT2D eigenvalue weighted by Crippen LogP contribution is -2.41. The van der Waals surface area contributed by atoms with Crippen molar-refractivity contribution >= 4 is 33.0 Å². The monoisotopic (exact) mass is 510 g/mol. The zero-order chi connectivity index (χ0) is 25.0. The minimum absolute atomic E-state index is 0.0721. The van der Waals surface area contributed by atoms with Crippen LogP contribution < -0.4 is 5.32 Å². The topological polar surface area (TPSA) is 58.9 Å². The number of morpholine rings is 1. The molecule has 1 aliphatic heterocycles. The molecule has 1 fully saturated rings. The van der Waals surface area contributed by atoms with Gasteiger partial charge in [0.15, 0.2) is 0 Å². The molecule has 0 saturated carbocycles. The van der Waals surface area contributed by atoms with E-state index in [0.717, 1.165) is 61.0 Å². The summed E-state index contributed by atoms with van der Waals surface area (Å²) in [7, 11) is 0. The summed E-state index contributed by atoms with van der Waals surface area (Å²) in [5.41, 5.74) is 5.12. The lowest BCUT2D eigenvalue weighted by atomic mass is 10.1. The lowest BCUT2D eigenvalue weighted by molar-refractivity contribution is -0.121. The SMILES string of the molecule is O=C(CCc1c(-c2ccccc2)nc2ccc(-c3cc4ccccc4s3)cn12)NCCN1CCOCC1. The number of hydrogen-bond acceptors (Lipinski definition) is 5. The minimum Gasteiger partial charge on any atom is -0.379 e. The molecular weight excluding hydrogens is 480 g/mol. The molecule has 188 valence electrons. The summed E-state index contributed by atoms with van der Waals surface area (Å²) < 4.78 is 8.85. The normalized spacial score (nSPS) is 14.4. The average Bonchev–Trinajstić information content (AvgIpc) is 3.54. The molecule has 0 spiro atoms. The van der Waals surface area contributed by atoms with Gasteiger partial charge in [0, 0.05) is 59.5 Å². The fourth-order valence-electron chi connectivity index (χ4n) is 4.93. The number of carbonyl (C=O) groups excluding carboxylic acids is 1. The number of aryl methyl sites for hydroxylation is 1. The Morgan fingerprint density at radius 2 is 1.78 bits per heavy atom. The number of hydrogen-bond donors (Lipinski definition) is 1. The maximum atomic E-state index is 12.8. The van der Waals surface area contributed by atoms with Gasteiger partial charge in [-0.1, -0.05) is 48.5 Å². The summed E-state index contributed by atoms with van der Waals surface area (Å²) in [5, 5.41) is 4.36. The molecule has 0 unspecified atom stereocenters. The summed E-state index contributed by atoms with van der Waals surface area (Å²) >= 11 is 1.80. The van der Waals surface area contributed by atoms with Crippen molar-refractivity contribution in [2.24, 2.45) is 0 Å². The Bertz CT molecular complexity index is 1490. The number of nitrogens with zero attached hydrogens (tertiary/aromatic N) is 3. The molecular formula is C30H30N4O2S. The average molecular weight is 511 g/mol. The van der Waals surface area contributed by atoms with Gasteiger partial charge >= 0.3 is 0 Å². The summed E-state index contributed by atoms with van der Waals surface area (Å²) in [6.45, 7) is 4.93. The molecule has 1 aliphatic rings. The lowest BCUT2D eigenvalue weighted by Gasteiger charge is -2.26. The van der Waals surface area contributed by atoms with Crippen LogP contribution in [0.5, 0.6) is 0 Å². The Kier molecular flexibility index (Phi) is 6.99. The quantitative estimate of drug-likeness (QED) is 0.309. The first-order valence-corrected chi connectivity index (χ1v) is 13.7. The first-order valence-electron chi connectivity index (χ1n) is 12.9. The second-order valence-corrected chi connectivity index (χ2v) is 10.5. The number of imidazole rings is 1. The molecule has 0 radical (unpaired) electrons. The highest BCUT2D eigenvalue weighted by Crippen LogP contribution is 2.34. The summed E-state index contributed by atoms with van der Waals surface area (Å²) in [4.78, 5) is 21.3. The molecule has 1 saturated heterocycles. The number of amides is 1. The Balaban J connectivity index is 1.25. The molecule has 5 aromatic rings. The zero-order valence-electron chi connectivity index (χ0n) is 20.7. The second kappa shape index (κ2) is 10.8. The van der Waals surface area contributed by atoms with Gasteiger partial charge in [-0.25, -0.2) is 4.98 Å². The van der Waals surface area contributed by atoms with Crippen LogP contribution in [0.3, 0.4) is 0 Å². The molecule has 3 aromatic heterocycles. The number of aromatic nitrogens is 2. The van der Waals surface area contributed by atoms with Crippen molar-refractivity contribution in [2.75, 3.05) is 39.4 Å². The molecule has 37 heavy (non-hydrogen) atoms. The van der Waals surface area contributed by atoms with E-state index in [-0.39, 0.29) is 5.91 Å². The van der Waals surface area contributed by atoms with Crippen molar-refractivity contribution in [3.8, 4) is 21.7 Å². The Labute approximate surface area is 220 Å². The number of pyridine rings is 1. The molecule has 4 heterocycles. The number of benzene rings is 2. The predicted octanol–water partition coefficient (Wildman–Crippen LogP) is 5.26. The Hall–Kier alpha value is -3.52. The van der Waals surface area contributed by atoms with Gasteiger partial charge < -0.3 is 14.5 Å². The summed E-state index contributed by atoms with van der Waals surface area (Å²) in [6.07, 6.45) is 3.21. The smallest absolute Gasteiger partial charge is 0.220 e. The third kappa shape index (κ3) is 5.30. The number of thiophene rings is 1. The van der Waals surface area contributed by atoms with Gasteiger partial charge in [0.2, 0.25) is 5.91 Å². The fraction of sp³-hybridized carbons (Fsp3) is 0.267. The van der Waals surface area contributed by atoms with Gasteiger partial charge in [0.1, 0.15) is 5.65 Å². The first kappa shape index (κ1) is 23.9. The van der Waals surface area contributed by atoms with Crippen LogP contribution in [0.25, 0.3) is 37.4 Å².